The molecule has 5 rings (SSSR count). The molecule has 8 bridgehead atoms. The van der Waals surface area contributed by atoms with Crippen molar-refractivity contribution in [3.8, 4) is 23.0 Å². The Hall–Kier alpha value is -4.18. The maximum absolute atomic E-state index is 6.53. The van der Waals surface area contributed by atoms with Gasteiger partial charge >= 0.3 is 0 Å². The van der Waals surface area contributed by atoms with Crippen LogP contribution in [0.4, 0.5) is 0 Å². The summed E-state index contributed by atoms with van der Waals surface area (Å²) in [6, 6.07) is 26.1. The smallest absolute Gasteiger partial charge is 0.126 e. The van der Waals surface area contributed by atoms with E-state index in [1.807, 2.05) is 6.08 Å². The number of hydrogen-bond acceptors (Lipinski definition) is 4. The van der Waals surface area contributed by atoms with Gasteiger partial charge in [0.1, 0.15) is 29.6 Å². The van der Waals surface area contributed by atoms with Crippen molar-refractivity contribution in [2.45, 2.75) is 65.7 Å². The lowest BCUT2D eigenvalue weighted by atomic mass is 9.91. The second kappa shape index (κ2) is 15.5. The fourth-order valence-electron chi connectivity index (χ4n) is 5.98. The molecule has 0 aromatic heterocycles. The highest BCUT2D eigenvalue weighted by Gasteiger charge is 2.21. The summed E-state index contributed by atoms with van der Waals surface area (Å²) in [4.78, 5) is 0. The molecule has 4 aromatic carbocycles. The Morgan fingerprint density at radius 1 is 0.455 bits per heavy atom. The lowest BCUT2D eigenvalue weighted by Gasteiger charge is -2.22. The van der Waals surface area contributed by atoms with Gasteiger partial charge in [0.05, 0.1) is 19.8 Å². The largest absolute Gasteiger partial charge is 0.493 e. The summed E-state index contributed by atoms with van der Waals surface area (Å²) in [7, 11) is 0. The molecule has 0 spiro atoms. The van der Waals surface area contributed by atoms with Gasteiger partial charge in [-0.1, -0.05) is 106 Å². The Kier molecular flexibility index (Phi) is 11.0. The van der Waals surface area contributed by atoms with Gasteiger partial charge in [0, 0.05) is 25.7 Å². The van der Waals surface area contributed by atoms with E-state index in [1.165, 1.54) is 22.3 Å². The summed E-state index contributed by atoms with van der Waals surface area (Å²) in [6.45, 7) is 12.8. The van der Waals surface area contributed by atoms with Crippen LogP contribution < -0.4 is 18.9 Å². The van der Waals surface area contributed by atoms with Crippen LogP contribution in [-0.2, 0) is 25.7 Å². The maximum Gasteiger partial charge on any atom is 0.126 e. The Morgan fingerprint density at radius 2 is 0.705 bits per heavy atom. The summed E-state index contributed by atoms with van der Waals surface area (Å²) < 4.78 is 26.0. The molecule has 0 N–H and O–H groups in total. The number of hydrogen-bond donors (Lipinski definition) is 0. The Morgan fingerprint density at radius 3 is 0.932 bits per heavy atom. The van der Waals surface area contributed by atoms with Gasteiger partial charge in [-0.25, -0.2) is 0 Å². The highest BCUT2D eigenvalue weighted by atomic mass is 16.5. The van der Waals surface area contributed by atoms with E-state index >= 15 is 0 Å². The van der Waals surface area contributed by atoms with Gasteiger partial charge in [-0.2, -0.15) is 0 Å². The average molecular weight is 591 g/mol. The van der Waals surface area contributed by atoms with Crippen molar-refractivity contribution in [3.63, 3.8) is 0 Å². The quantitative estimate of drug-likeness (QED) is 0.136. The molecular formula is C40H46O4. The van der Waals surface area contributed by atoms with Crippen LogP contribution in [0.25, 0.3) is 0 Å². The summed E-state index contributed by atoms with van der Waals surface area (Å²) in [5.41, 5.74) is 9.26. The van der Waals surface area contributed by atoms with Crippen LogP contribution in [0.3, 0.4) is 0 Å². The molecule has 0 heterocycles. The second-order valence-electron chi connectivity index (χ2n) is 11.5. The molecule has 44 heavy (non-hydrogen) atoms. The zero-order chi connectivity index (χ0) is 30.7. The van der Waals surface area contributed by atoms with Crippen LogP contribution in [0.1, 0.15) is 84.5 Å². The molecule has 4 nitrogen and oxygen atoms in total. The minimum Gasteiger partial charge on any atom is -0.493 e. The van der Waals surface area contributed by atoms with Gasteiger partial charge < -0.3 is 18.9 Å². The van der Waals surface area contributed by atoms with E-state index in [1.54, 1.807) is 0 Å². The van der Waals surface area contributed by atoms with Crippen molar-refractivity contribution < 1.29 is 18.9 Å². The van der Waals surface area contributed by atoms with E-state index in [9.17, 15) is 0 Å². The minimum atomic E-state index is 0.442. The third kappa shape index (κ3) is 7.30. The number of benzene rings is 4. The van der Waals surface area contributed by atoms with Crippen molar-refractivity contribution >= 4 is 0 Å². The van der Waals surface area contributed by atoms with Gasteiger partial charge in [-0.3, -0.25) is 0 Å². The molecule has 0 saturated carbocycles. The third-order valence-corrected chi connectivity index (χ3v) is 7.93. The first-order valence-corrected chi connectivity index (χ1v) is 16.2. The molecule has 4 heteroatoms. The van der Waals surface area contributed by atoms with E-state index in [2.05, 4.69) is 100 Å². The lowest BCUT2D eigenvalue weighted by molar-refractivity contribution is 0.306. The molecule has 230 valence electrons. The Bertz CT molecular complexity index is 1450. The Labute approximate surface area is 263 Å². The SMILES string of the molecule is C=CCOc1c2cccc1Cc1cccc(c1OCCC)Cc1cccc(c1OCCC)Cc1cccc(c1OCCC)C2. The molecule has 0 atom stereocenters. The maximum atomic E-state index is 6.53. The number of fused-ring (bicyclic) bond motifs is 8. The van der Waals surface area contributed by atoms with Crippen molar-refractivity contribution in [2.75, 3.05) is 26.4 Å². The molecule has 0 fully saturated rings. The van der Waals surface area contributed by atoms with Gasteiger partial charge in [0.2, 0.25) is 0 Å². The second-order valence-corrected chi connectivity index (χ2v) is 11.5. The number of ether oxygens (including phenoxy) is 4. The van der Waals surface area contributed by atoms with Crippen molar-refractivity contribution in [1.29, 1.82) is 0 Å². The number of para-hydroxylation sites is 4. The zero-order valence-corrected chi connectivity index (χ0v) is 26.6. The van der Waals surface area contributed by atoms with Gasteiger partial charge in [-0.15, -0.1) is 0 Å². The van der Waals surface area contributed by atoms with Crippen molar-refractivity contribution in [1.82, 2.24) is 0 Å². The van der Waals surface area contributed by atoms with Crippen LogP contribution >= 0.6 is 0 Å². The topological polar surface area (TPSA) is 36.9 Å². The Balaban J connectivity index is 1.74. The molecule has 0 aliphatic heterocycles. The highest BCUT2D eigenvalue weighted by Crippen LogP contribution is 2.39. The normalized spacial score (nSPS) is 12.3. The van der Waals surface area contributed by atoms with Crippen molar-refractivity contribution in [3.05, 3.63) is 130 Å². The van der Waals surface area contributed by atoms with Crippen LogP contribution in [-0.4, -0.2) is 26.4 Å². The van der Waals surface area contributed by atoms with Crippen molar-refractivity contribution in [2.24, 2.45) is 0 Å². The van der Waals surface area contributed by atoms with Crippen LogP contribution in [0.15, 0.2) is 85.5 Å². The average Bonchev–Trinajstić information content (AvgIpc) is 3.03. The molecular weight excluding hydrogens is 544 g/mol. The summed E-state index contributed by atoms with van der Waals surface area (Å²) >= 11 is 0. The molecule has 1 aliphatic rings. The van der Waals surface area contributed by atoms with Gasteiger partial charge in [0.25, 0.3) is 0 Å². The summed E-state index contributed by atoms with van der Waals surface area (Å²) in [6.07, 6.45) is 7.48. The molecule has 1 aliphatic carbocycles. The molecule has 4 aromatic rings. The summed E-state index contributed by atoms with van der Waals surface area (Å²) in [5, 5.41) is 0. The zero-order valence-electron chi connectivity index (χ0n) is 26.6. The third-order valence-electron chi connectivity index (χ3n) is 7.93. The molecule has 0 radical (unpaired) electrons. The van der Waals surface area contributed by atoms with Crippen LogP contribution in [0, 0.1) is 0 Å². The van der Waals surface area contributed by atoms with Crippen LogP contribution in [0.5, 0.6) is 23.0 Å². The van der Waals surface area contributed by atoms with E-state index in [-0.39, 0.29) is 0 Å². The molecule has 0 unspecified atom stereocenters. The fraction of sp³-hybridized carbons (Fsp3) is 0.350. The molecule has 0 amide bonds. The first-order chi connectivity index (χ1) is 21.7. The van der Waals surface area contributed by atoms with E-state index in [0.29, 0.717) is 39.3 Å². The lowest BCUT2D eigenvalue weighted by Crippen LogP contribution is -2.09. The van der Waals surface area contributed by atoms with Crippen LogP contribution in [0.2, 0.25) is 0 Å². The first kappa shape index (κ1) is 31.3. The van der Waals surface area contributed by atoms with Gasteiger partial charge in [0.15, 0.2) is 0 Å². The predicted octanol–water partition coefficient (Wildman–Crippen LogP) is 9.29. The van der Waals surface area contributed by atoms with E-state index in [0.717, 1.165) is 77.4 Å². The van der Waals surface area contributed by atoms with E-state index in [4.69, 9.17) is 18.9 Å². The molecule has 0 saturated heterocycles. The monoisotopic (exact) mass is 590 g/mol. The van der Waals surface area contributed by atoms with Gasteiger partial charge in [-0.05, 0) is 63.8 Å². The summed E-state index contributed by atoms with van der Waals surface area (Å²) in [5.74, 6) is 3.83. The number of rotatable bonds is 12. The predicted molar refractivity (Wildman–Crippen MR) is 180 cm³/mol. The highest BCUT2D eigenvalue weighted by molar-refractivity contribution is 5.56. The first-order valence-electron chi connectivity index (χ1n) is 16.2. The minimum absolute atomic E-state index is 0.442. The standard InChI is InChI=1S/C40H46O4/c1-5-21-41-37-29-13-9-14-30(37)26-32-16-11-18-34(39(32)43-23-7-3)28-36-20-12-19-35(40(36)44-24-8-4)27-33-17-10-15-31(25-29)38(33)42-22-6-2/h5,9-20H,1,6-8,21-28H2,2-4H3. The van der Waals surface area contributed by atoms with E-state index < -0.39 is 0 Å². The fourth-order valence-corrected chi connectivity index (χ4v) is 5.98.